The van der Waals surface area contributed by atoms with Gasteiger partial charge in [-0.3, -0.25) is 19.6 Å². The largest absolute Gasteiger partial charge is 0.493 e. The number of carbonyl (C=O) groups excluding carboxylic acids is 1. The van der Waals surface area contributed by atoms with Gasteiger partial charge in [-0.1, -0.05) is 13.8 Å². The number of anilines is 1. The number of hydrogen-bond donors (Lipinski definition) is 1. The van der Waals surface area contributed by atoms with Crippen molar-refractivity contribution in [1.29, 1.82) is 0 Å². The molecule has 0 heterocycles. The molecule has 1 atom stereocenters. The van der Waals surface area contributed by atoms with Crippen LogP contribution in [0.15, 0.2) is 36.4 Å². The van der Waals surface area contributed by atoms with Gasteiger partial charge in [0.15, 0.2) is 17.3 Å². The number of rotatable bonds is 9. The molecule has 0 radical (unpaired) electrons. The lowest BCUT2D eigenvalue weighted by atomic mass is 10.0. The van der Waals surface area contributed by atoms with Gasteiger partial charge in [-0.25, -0.2) is 8.42 Å². The predicted octanol–water partition coefficient (Wildman–Crippen LogP) is 3.63. The molecule has 0 saturated carbocycles. The fourth-order valence-corrected chi connectivity index (χ4v) is 4.04. The molecule has 0 fully saturated rings. The summed E-state index contributed by atoms with van der Waals surface area (Å²) < 4.78 is 37.8. The Morgan fingerprint density at radius 1 is 1.00 bits per heavy atom. The van der Waals surface area contributed by atoms with Crippen LogP contribution in [0.5, 0.6) is 11.5 Å². The Morgan fingerprint density at radius 2 is 1.57 bits per heavy atom. The highest BCUT2D eigenvalue weighted by Gasteiger charge is 2.27. The highest BCUT2D eigenvalue weighted by atomic mass is 32.2. The lowest BCUT2D eigenvalue weighted by Crippen LogP contribution is -2.29. The quantitative estimate of drug-likeness (QED) is 0.361. The number of nitro groups is 1. The van der Waals surface area contributed by atoms with Crippen LogP contribution in [0.4, 0.5) is 11.4 Å². The molecule has 0 aromatic heterocycles. The van der Waals surface area contributed by atoms with E-state index >= 15 is 0 Å². The Kier molecular flexibility index (Phi) is 7.04. The minimum atomic E-state index is -3.90. The maximum absolute atomic E-state index is 12.9. The third kappa shape index (κ3) is 4.88. The number of methoxy groups -OCH3 is 2. The Labute approximate surface area is 175 Å². The van der Waals surface area contributed by atoms with Gasteiger partial charge in [0, 0.05) is 17.2 Å². The molecular weight excluding hydrogens is 412 g/mol. The number of benzene rings is 2. The van der Waals surface area contributed by atoms with Crippen LogP contribution in [-0.4, -0.2) is 38.6 Å². The molecule has 30 heavy (non-hydrogen) atoms. The lowest BCUT2D eigenvalue weighted by Gasteiger charge is -2.18. The van der Waals surface area contributed by atoms with Crippen molar-refractivity contribution in [3.8, 4) is 11.5 Å². The van der Waals surface area contributed by atoms with Crippen molar-refractivity contribution < 1.29 is 27.6 Å². The van der Waals surface area contributed by atoms with Gasteiger partial charge in [-0.15, -0.1) is 0 Å². The number of carbonyl (C=O) groups is 1. The number of nitrogens with one attached hydrogen (secondary N) is 1. The molecule has 2 aromatic rings. The molecule has 0 saturated heterocycles. The summed E-state index contributed by atoms with van der Waals surface area (Å²) in [7, 11) is -1.00. The molecule has 0 spiro atoms. The van der Waals surface area contributed by atoms with Crippen molar-refractivity contribution in [2.24, 2.45) is 5.92 Å². The van der Waals surface area contributed by atoms with Gasteiger partial charge in [0.25, 0.3) is 5.69 Å². The Morgan fingerprint density at radius 3 is 2.10 bits per heavy atom. The van der Waals surface area contributed by atoms with Gasteiger partial charge >= 0.3 is 0 Å². The van der Waals surface area contributed by atoms with Crippen molar-refractivity contribution in [1.82, 2.24) is 0 Å². The van der Waals surface area contributed by atoms with E-state index in [-0.39, 0.29) is 22.7 Å². The van der Waals surface area contributed by atoms with E-state index in [9.17, 15) is 23.3 Å². The summed E-state index contributed by atoms with van der Waals surface area (Å²) in [5.41, 5.74) is -0.370. The minimum Gasteiger partial charge on any atom is -0.493 e. The van der Waals surface area contributed by atoms with E-state index < -0.39 is 31.7 Å². The molecule has 2 aromatic carbocycles. The summed E-state index contributed by atoms with van der Waals surface area (Å²) in [6, 6.07) is 8.11. The second kappa shape index (κ2) is 9.12. The van der Waals surface area contributed by atoms with Crippen molar-refractivity contribution in [3.63, 3.8) is 0 Å². The molecule has 162 valence electrons. The van der Waals surface area contributed by atoms with Crippen LogP contribution in [0.2, 0.25) is 0 Å². The van der Waals surface area contributed by atoms with Gasteiger partial charge in [-0.2, -0.15) is 0 Å². The zero-order valence-electron chi connectivity index (χ0n) is 17.3. The smallest absolute Gasteiger partial charge is 0.293 e. The average molecular weight is 436 g/mol. The third-order valence-electron chi connectivity index (χ3n) is 4.78. The van der Waals surface area contributed by atoms with E-state index in [4.69, 9.17) is 9.47 Å². The van der Waals surface area contributed by atoms with Gasteiger partial charge < -0.3 is 9.47 Å². The van der Waals surface area contributed by atoms with E-state index in [0.29, 0.717) is 11.5 Å². The molecule has 1 N–H and O–H groups in total. The van der Waals surface area contributed by atoms with Crippen molar-refractivity contribution in [2.75, 3.05) is 18.9 Å². The number of hydrogen-bond acceptors (Lipinski definition) is 7. The maximum atomic E-state index is 12.9. The van der Waals surface area contributed by atoms with Crippen LogP contribution in [-0.2, 0) is 10.0 Å². The van der Waals surface area contributed by atoms with E-state index in [0.717, 1.165) is 6.07 Å². The highest BCUT2D eigenvalue weighted by Crippen LogP contribution is 2.31. The van der Waals surface area contributed by atoms with Crippen LogP contribution in [0.3, 0.4) is 0 Å². The van der Waals surface area contributed by atoms with E-state index in [1.807, 2.05) is 0 Å². The molecule has 10 heteroatoms. The number of ketones is 1. The molecule has 0 bridgehead atoms. The Bertz CT molecular complexity index is 1060. The zero-order valence-corrected chi connectivity index (χ0v) is 18.1. The molecule has 0 aliphatic heterocycles. The topological polar surface area (TPSA) is 125 Å². The standard InChI is InChI=1S/C20H24N2O7S/c1-12(2)13(3)30(26,27)21-16-10-14(6-8-17(16)22(24)25)20(23)15-7-9-18(28-4)19(11-15)29-5/h6-13,21H,1-5H3. The zero-order chi connectivity index (χ0) is 22.6. The number of ether oxygens (including phenoxy) is 2. The summed E-state index contributed by atoms with van der Waals surface area (Å²) in [5, 5.41) is 10.6. The molecule has 9 nitrogen and oxygen atoms in total. The fraction of sp³-hybridized carbons (Fsp3) is 0.350. The first kappa shape index (κ1) is 23.1. The van der Waals surface area contributed by atoms with Crippen LogP contribution < -0.4 is 14.2 Å². The summed E-state index contributed by atoms with van der Waals surface area (Å²) in [6.07, 6.45) is 0. The Hall–Kier alpha value is -3.14. The second-order valence-electron chi connectivity index (χ2n) is 6.98. The highest BCUT2D eigenvalue weighted by molar-refractivity contribution is 7.93. The monoisotopic (exact) mass is 436 g/mol. The first-order valence-electron chi connectivity index (χ1n) is 9.08. The Balaban J connectivity index is 2.50. The van der Waals surface area contributed by atoms with Gasteiger partial charge in [0.1, 0.15) is 5.69 Å². The number of nitro benzene ring substituents is 1. The summed E-state index contributed by atoms with van der Waals surface area (Å²) in [6.45, 7) is 4.97. The molecule has 0 aliphatic carbocycles. The van der Waals surface area contributed by atoms with Crippen molar-refractivity contribution in [3.05, 3.63) is 57.6 Å². The SMILES string of the molecule is COc1ccc(C(=O)c2ccc([N+](=O)[O-])c(NS(=O)(=O)C(C)C(C)C)c2)cc1OC. The first-order valence-corrected chi connectivity index (χ1v) is 10.6. The third-order valence-corrected chi connectivity index (χ3v) is 6.81. The van der Waals surface area contributed by atoms with Crippen molar-refractivity contribution >= 4 is 27.2 Å². The summed E-state index contributed by atoms with van der Waals surface area (Å²) >= 11 is 0. The summed E-state index contributed by atoms with van der Waals surface area (Å²) in [5.74, 6) is 0.118. The average Bonchev–Trinajstić information content (AvgIpc) is 2.71. The molecule has 0 aliphatic rings. The predicted molar refractivity (Wildman–Crippen MR) is 113 cm³/mol. The van der Waals surface area contributed by atoms with Crippen LogP contribution in [0, 0.1) is 16.0 Å². The van der Waals surface area contributed by atoms with E-state index in [1.54, 1.807) is 19.9 Å². The molecule has 2 rings (SSSR count). The summed E-state index contributed by atoms with van der Waals surface area (Å²) in [4.78, 5) is 23.6. The van der Waals surface area contributed by atoms with Crippen LogP contribution in [0.1, 0.15) is 36.7 Å². The maximum Gasteiger partial charge on any atom is 0.293 e. The van der Waals surface area contributed by atoms with E-state index in [1.165, 1.54) is 45.4 Å². The second-order valence-corrected chi connectivity index (χ2v) is 9.02. The van der Waals surface area contributed by atoms with Gasteiger partial charge in [0.2, 0.25) is 10.0 Å². The van der Waals surface area contributed by atoms with Crippen molar-refractivity contribution in [2.45, 2.75) is 26.0 Å². The normalized spacial score (nSPS) is 12.3. The van der Waals surface area contributed by atoms with E-state index in [2.05, 4.69) is 4.72 Å². The van der Waals surface area contributed by atoms with Crippen LogP contribution in [0.25, 0.3) is 0 Å². The number of nitrogens with zero attached hydrogens (tertiary/aromatic N) is 1. The minimum absolute atomic E-state index is 0.0859. The van der Waals surface area contributed by atoms with Crippen LogP contribution >= 0.6 is 0 Å². The lowest BCUT2D eigenvalue weighted by molar-refractivity contribution is -0.383. The van der Waals surface area contributed by atoms with Gasteiger partial charge in [0.05, 0.1) is 24.4 Å². The first-order chi connectivity index (χ1) is 14.0. The molecule has 0 amide bonds. The fourth-order valence-electron chi connectivity index (χ4n) is 2.67. The number of sulfonamides is 1. The molecule has 1 unspecified atom stereocenters. The van der Waals surface area contributed by atoms with Gasteiger partial charge in [-0.05, 0) is 43.2 Å². The molecular formula is C20H24N2O7S.